The minimum Gasteiger partial charge on any atom is -0.381 e. The highest BCUT2D eigenvalue weighted by atomic mass is 35.5. The zero-order chi connectivity index (χ0) is 15.5. The molecule has 1 saturated heterocycles. The van der Waals surface area contributed by atoms with E-state index in [0.717, 1.165) is 36.9 Å². The van der Waals surface area contributed by atoms with Gasteiger partial charge in [0.05, 0.1) is 16.2 Å². The number of rotatable bonds is 3. The second-order valence-electron chi connectivity index (χ2n) is 4.81. The van der Waals surface area contributed by atoms with Crippen molar-refractivity contribution in [2.45, 2.75) is 9.92 Å². The Morgan fingerprint density at radius 1 is 1.23 bits per heavy atom. The van der Waals surface area contributed by atoms with E-state index in [4.69, 9.17) is 28.9 Å². The van der Waals surface area contributed by atoms with Crippen LogP contribution in [0.4, 0.5) is 11.6 Å². The highest BCUT2D eigenvalue weighted by Gasteiger charge is 2.15. The average molecular weight is 356 g/mol. The van der Waals surface area contributed by atoms with Gasteiger partial charge in [0.2, 0.25) is 0 Å². The molecule has 0 amide bonds. The van der Waals surface area contributed by atoms with Gasteiger partial charge in [-0.05, 0) is 12.1 Å². The van der Waals surface area contributed by atoms with Crippen molar-refractivity contribution >= 4 is 46.6 Å². The van der Waals surface area contributed by atoms with Crippen LogP contribution in [0.3, 0.4) is 0 Å². The van der Waals surface area contributed by atoms with E-state index in [-0.39, 0.29) is 0 Å². The summed E-state index contributed by atoms with van der Waals surface area (Å²) >= 11 is 13.6. The third-order valence-electron chi connectivity index (χ3n) is 3.32. The Morgan fingerprint density at radius 3 is 2.73 bits per heavy atom. The van der Waals surface area contributed by atoms with Gasteiger partial charge in [-0.3, -0.25) is 0 Å². The zero-order valence-electron chi connectivity index (χ0n) is 11.7. The van der Waals surface area contributed by atoms with Crippen LogP contribution in [0.2, 0.25) is 10.0 Å². The van der Waals surface area contributed by atoms with Gasteiger partial charge in [-0.15, -0.1) is 0 Å². The molecular formula is C14H15Cl2N5S. The minimum absolute atomic E-state index is 0.400. The number of aromatic nitrogens is 2. The maximum Gasteiger partial charge on any atom is 0.158 e. The molecule has 0 unspecified atom stereocenters. The number of nitrogens with two attached hydrogens (primary N) is 1. The van der Waals surface area contributed by atoms with Crippen LogP contribution in [0.1, 0.15) is 0 Å². The second kappa shape index (κ2) is 6.91. The van der Waals surface area contributed by atoms with E-state index in [1.807, 2.05) is 12.1 Å². The molecule has 1 fully saturated rings. The number of hydrogen-bond acceptors (Lipinski definition) is 6. The van der Waals surface area contributed by atoms with Crippen LogP contribution in [-0.4, -0.2) is 36.1 Å². The molecule has 2 aromatic rings. The lowest BCUT2D eigenvalue weighted by atomic mass is 10.3. The fourth-order valence-corrected chi connectivity index (χ4v) is 3.46. The van der Waals surface area contributed by atoms with E-state index in [2.05, 4.69) is 20.2 Å². The highest BCUT2D eigenvalue weighted by molar-refractivity contribution is 7.99. The Balaban J connectivity index is 1.81. The summed E-state index contributed by atoms with van der Waals surface area (Å²) in [4.78, 5) is 11.9. The fraction of sp³-hybridized carbons (Fsp3) is 0.286. The smallest absolute Gasteiger partial charge is 0.158 e. The molecule has 1 aliphatic rings. The Morgan fingerprint density at radius 2 is 2.00 bits per heavy atom. The Kier molecular flexibility index (Phi) is 4.93. The van der Waals surface area contributed by atoms with Crippen molar-refractivity contribution in [2.24, 2.45) is 0 Å². The van der Waals surface area contributed by atoms with E-state index in [9.17, 15) is 0 Å². The molecule has 5 nitrogen and oxygen atoms in total. The summed E-state index contributed by atoms with van der Waals surface area (Å²) in [7, 11) is 0. The van der Waals surface area contributed by atoms with Crippen molar-refractivity contribution in [1.29, 1.82) is 0 Å². The van der Waals surface area contributed by atoms with E-state index < -0.39 is 0 Å². The third-order valence-corrected chi connectivity index (χ3v) is 5.31. The van der Waals surface area contributed by atoms with Crippen LogP contribution in [0.25, 0.3) is 0 Å². The maximum atomic E-state index is 6.19. The first kappa shape index (κ1) is 15.7. The standard InChI is InChI=1S/C14H15Cl2N5S/c15-9-2-1-3-10(12(9)16)22-14-13(17)20-11(8-19-14)21-6-4-18-5-7-21/h1-3,8,18H,4-7H2,(H2,17,20). The van der Waals surface area contributed by atoms with Gasteiger partial charge in [0.15, 0.2) is 5.82 Å². The number of nitrogens with one attached hydrogen (secondary N) is 1. The number of nitrogens with zero attached hydrogens (tertiary/aromatic N) is 3. The summed E-state index contributed by atoms with van der Waals surface area (Å²) in [5, 5.41) is 4.94. The lowest BCUT2D eigenvalue weighted by Crippen LogP contribution is -2.44. The van der Waals surface area contributed by atoms with Gasteiger partial charge in [-0.25, -0.2) is 9.97 Å². The Hall–Kier alpha value is -1.21. The van der Waals surface area contributed by atoms with Gasteiger partial charge in [-0.2, -0.15) is 0 Å². The van der Waals surface area contributed by atoms with E-state index >= 15 is 0 Å². The Labute approximate surface area is 143 Å². The minimum atomic E-state index is 0.400. The third kappa shape index (κ3) is 3.41. The lowest BCUT2D eigenvalue weighted by Gasteiger charge is -2.28. The van der Waals surface area contributed by atoms with Gasteiger partial charge in [0.25, 0.3) is 0 Å². The first-order valence-corrected chi connectivity index (χ1v) is 8.42. The van der Waals surface area contributed by atoms with Crippen molar-refractivity contribution in [3.05, 3.63) is 34.4 Å². The van der Waals surface area contributed by atoms with Crippen LogP contribution in [0, 0.1) is 0 Å². The van der Waals surface area contributed by atoms with Crippen molar-refractivity contribution in [3.8, 4) is 0 Å². The fourth-order valence-electron chi connectivity index (χ4n) is 2.17. The average Bonchev–Trinajstić information content (AvgIpc) is 2.54. The quantitative estimate of drug-likeness (QED) is 0.882. The molecule has 1 aromatic heterocycles. The molecule has 0 bridgehead atoms. The summed E-state index contributed by atoms with van der Waals surface area (Å²) in [6.07, 6.45) is 1.75. The van der Waals surface area contributed by atoms with Crippen molar-refractivity contribution in [1.82, 2.24) is 15.3 Å². The summed E-state index contributed by atoms with van der Waals surface area (Å²) in [5.41, 5.74) is 6.05. The van der Waals surface area contributed by atoms with Crippen LogP contribution < -0.4 is 16.0 Å². The first-order valence-electron chi connectivity index (χ1n) is 6.85. The highest BCUT2D eigenvalue weighted by Crippen LogP contribution is 2.38. The maximum absolute atomic E-state index is 6.19. The molecule has 116 valence electrons. The molecule has 1 aliphatic heterocycles. The molecule has 22 heavy (non-hydrogen) atoms. The molecule has 0 radical (unpaired) electrons. The number of halogens is 2. The van der Waals surface area contributed by atoms with Gasteiger partial charge in [-0.1, -0.05) is 41.0 Å². The molecule has 8 heteroatoms. The van der Waals surface area contributed by atoms with Crippen LogP contribution in [-0.2, 0) is 0 Å². The number of piperazine rings is 1. The monoisotopic (exact) mass is 355 g/mol. The number of nitrogen functional groups attached to an aromatic ring is 1. The van der Waals surface area contributed by atoms with Crippen LogP contribution >= 0.6 is 35.0 Å². The molecule has 3 rings (SSSR count). The number of benzene rings is 1. The zero-order valence-corrected chi connectivity index (χ0v) is 14.0. The molecular weight excluding hydrogens is 341 g/mol. The van der Waals surface area contributed by atoms with Gasteiger partial charge < -0.3 is 16.0 Å². The largest absolute Gasteiger partial charge is 0.381 e. The summed E-state index contributed by atoms with van der Waals surface area (Å²) < 4.78 is 0. The lowest BCUT2D eigenvalue weighted by molar-refractivity contribution is 0.584. The first-order chi connectivity index (χ1) is 10.6. The van der Waals surface area contributed by atoms with E-state index in [0.29, 0.717) is 20.9 Å². The number of hydrogen-bond donors (Lipinski definition) is 2. The molecule has 0 spiro atoms. The van der Waals surface area contributed by atoms with Crippen LogP contribution in [0.5, 0.6) is 0 Å². The predicted molar refractivity (Wildman–Crippen MR) is 92.1 cm³/mol. The van der Waals surface area contributed by atoms with Crippen molar-refractivity contribution in [2.75, 3.05) is 36.8 Å². The van der Waals surface area contributed by atoms with Crippen molar-refractivity contribution in [3.63, 3.8) is 0 Å². The van der Waals surface area contributed by atoms with E-state index in [1.165, 1.54) is 11.8 Å². The van der Waals surface area contributed by atoms with Crippen LogP contribution in [0.15, 0.2) is 34.3 Å². The van der Waals surface area contributed by atoms with Gasteiger partial charge >= 0.3 is 0 Å². The molecule has 1 aromatic carbocycles. The molecule has 0 saturated carbocycles. The molecule has 0 aliphatic carbocycles. The van der Waals surface area contributed by atoms with E-state index in [1.54, 1.807) is 12.3 Å². The van der Waals surface area contributed by atoms with Crippen molar-refractivity contribution < 1.29 is 0 Å². The topological polar surface area (TPSA) is 67.1 Å². The Bertz CT molecular complexity index is 676. The molecule has 0 atom stereocenters. The van der Waals surface area contributed by atoms with Gasteiger partial charge in [0, 0.05) is 31.1 Å². The molecule has 3 N–H and O–H groups in total. The summed E-state index contributed by atoms with van der Waals surface area (Å²) in [6.45, 7) is 3.69. The van der Waals surface area contributed by atoms with Gasteiger partial charge in [0.1, 0.15) is 10.8 Å². The second-order valence-corrected chi connectivity index (χ2v) is 6.63. The predicted octanol–water partition coefficient (Wildman–Crippen LogP) is 2.93. The normalized spacial score (nSPS) is 15.1. The number of anilines is 2. The summed E-state index contributed by atoms with van der Waals surface area (Å²) in [6, 6.07) is 5.47. The summed E-state index contributed by atoms with van der Waals surface area (Å²) in [5.74, 6) is 1.21. The molecule has 2 heterocycles. The SMILES string of the molecule is Nc1nc(N2CCNCC2)cnc1Sc1cccc(Cl)c1Cl.